The molecule has 8 heteroatoms. The van der Waals surface area contributed by atoms with E-state index in [2.05, 4.69) is 0 Å². The van der Waals surface area contributed by atoms with Crippen molar-refractivity contribution in [1.82, 2.24) is 9.13 Å². The number of aromatic nitrogens is 2. The molecule has 0 bridgehead atoms. The zero-order chi connectivity index (χ0) is 18.4. The molecule has 0 saturated heterocycles. The van der Waals surface area contributed by atoms with Gasteiger partial charge in [0.1, 0.15) is 11.6 Å². The van der Waals surface area contributed by atoms with E-state index in [0.717, 1.165) is 10.1 Å². The quantitative estimate of drug-likeness (QED) is 0.795. The van der Waals surface area contributed by atoms with Crippen molar-refractivity contribution < 1.29 is 9.84 Å². The first kappa shape index (κ1) is 18.9. The molecule has 0 spiro atoms. The summed E-state index contributed by atoms with van der Waals surface area (Å²) in [7, 11) is 0. The molecule has 1 atom stereocenters. The van der Waals surface area contributed by atoms with Crippen molar-refractivity contribution in [3.05, 3.63) is 67.4 Å². The number of hydrogen-bond donors (Lipinski definition) is 1. The second kappa shape index (κ2) is 8.62. The summed E-state index contributed by atoms with van der Waals surface area (Å²) in [6, 6.07) is 8.92. The lowest BCUT2D eigenvalue weighted by Gasteiger charge is -2.14. The van der Waals surface area contributed by atoms with Gasteiger partial charge in [0.15, 0.2) is 0 Å². The van der Waals surface area contributed by atoms with Crippen molar-refractivity contribution in [1.29, 1.82) is 5.26 Å². The van der Waals surface area contributed by atoms with Gasteiger partial charge >= 0.3 is 5.69 Å². The third-order valence-corrected chi connectivity index (χ3v) is 3.99. The van der Waals surface area contributed by atoms with Crippen LogP contribution in [-0.4, -0.2) is 27.0 Å². The molecule has 0 aliphatic carbocycles. The molecule has 2 aromatic rings. The smallest absolute Gasteiger partial charge is 0.331 e. The lowest BCUT2D eigenvalue weighted by Crippen LogP contribution is -2.43. The molecule has 0 fully saturated rings. The summed E-state index contributed by atoms with van der Waals surface area (Å²) in [5.74, 6) is 0. The summed E-state index contributed by atoms with van der Waals surface area (Å²) >= 11 is 6.02. The summed E-state index contributed by atoms with van der Waals surface area (Å²) in [6.45, 7) is 1.90. The van der Waals surface area contributed by atoms with E-state index < -0.39 is 17.4 Å². The topological polar surface area (TPSA) is 97.2 Å². The summed E-state index contributed by atoms with van der Waals surface area (Å²) in [4.78, 5) is 24.3. The van der Waals surface area contributed by atoms with Gasteiger partial charge in [-0.2, -0.15) is 5.26 Å². The Morgan fingerprint density at radius 3 is 2.72 bits per heavy atom. The number of benzene rings is 1. The molecule has 132 valence electrons. The maximum Gasteiger partial charge on any atom is 0.331 e. The van der Waals surface area contributed by atoms with Crippen LogP contribution >= 0.6 is 11.6 Å². The average molecular weight is 364 g/mol. The molecular weight excluding hydrogens is 346 g/mol. The number of hydrogen-bond acceptors (Lipinski definition) is 5. The average Bonchev–Trinajstić information content (AvgIpc) is 2.60. The fourth-order valence-electron chi connectivity index (χ4n) is 2.30. The van der Waals surface area contributed by atoms with Gasteiger partial charge in [0.25, 0.3) is 5.56 Å². The minimum atomic E-state index is -1.08. The van der Waals surface area contributed by atoms with E-state index in [0.29, 0.717) is 11.6 Å². The zero-order valence-corrected chi connectivity index (χ0v) is 14.4. The number of aliphatic hydroxyl groups excluding tert-OH is 1. The van der Waals surface area contributed by atoms with Gasteiger partial charge in [-0.05, 0) is 18.6 Å². The Labute approximate surface area is 149 Å². The van der Waals surface area contributed by atoms with Crippen LogP contribution < -0.4 is 11.2 Å². The molecule has 0 saturated carbocycles. The Morgan fingerprint density at radius 1 is 1.36 bits per heavy atom. The van der Waals surface area contributed by atoms with E-state index in [4.69, 9.17) is 21.6 Å². The minimum absolute atomic E-state index is 0.0833. The molecular formula is C17H18ClN3O4. The predicted molar refractivity (Wildman–Crippen MR) is 92.5 cm³/mol. The highest BCUT2D eigenvalue weighted by Gasteiger charge is 2.14. The zero-order valence-electron chi connectivity index (χ0n) is 13.7. The highest BCUT2D eigenvalue weighted by atomic mass is 35.5. The van der Waals surface area contributed by atoms with Gasteiger partial charge in [0.05, 0.1) is 25.9 Å². The second-order valence-electron chi connectivity index (χ2n) is 5.40. The van der Waals surface area contributed by atoms with Gasteiger partial charge in [-0.3, -0.25) is 13.9 Å². The highest BCUT2D eigenvalue weighted by Crippen LogP contribution is 2.15. The van der Waals surface area contributed by atoms with Crippen LogP contribution in [0.1, 0.15) is 18.1 Å². The maximum atomic E-state index is 12.2. The highest BCUT2D eigenvalue weighted by molar-refractivity contribution is 6.31. The number of nitriles is 1. The van der Waals surface area contributed by atoms with Crippen LogP contribution in [0.5, 0.6) is 0 Å². The SMILES string of the molecule is CCn1cc(C#N)c(=O)n(CC(O)COCc2ccccc2Cl)c1=O. The van der Waals surface area contributed by atoms with Crippen LogP contribution in [0.15, 0.2) is 40.1 Å². The molecule has 2 rings (SSSR count). The van der Waals surface area contributed by atoms with Crippen LogP contribution in [0, 0.1) is 11.3 Å². The van der Waals surface area contributed by atoms with Gasteiger partial charge in [-0.25, -0.2) is 4.79 Å². The first-order valence-electron chi connectivity index (χ1n) is 7.71. The molecule has 1 aromatic carbocycles. The van der Waals surface area contributed by atoms with Crippen LogP contribution in [0.4, 0.5) is 0 Å². The fraction of sp³-hybridized carbons (Fsp3) is 0.353. The fourth-order valence-corrected chi connectivity index (χ4v) is 2.49. The van der Waals surface area contributed by atoms with Crippen molar-refractivity contribution >= 4 is 11.6 Å². The first-order valence-corrected chi connectivity index (χ1v) is 8.09. The van der Waals surface area contributed by atoms with Gasteiger partial charge in [0, 0.05) is 17.8 Å². The standard InChI is InChI=1S/C17H18ClN3O4/c1-2-20-8-13(7-19)16(23)21(17(20)24)9-14(22)11-25-10-12-5-3-4-6-15(12)18/h3-6,8,14,22H,2,9-11H2,1H3. The predicted octanol–water partition coefficient (Wildman–Crippen LogP) is 1.13. The number of aryl methyl sites for hydroxylation is 1. The molecule has 0 aliphatic rings. The third-order valence-electron chi connectivity index (χ3n) is 3.62. The first-order chi connectivity index (χ1) is 12.0. The van der Waals surface area contributed by atoms with Crippen molar-refractivity contribution in [2.75, 3.05) is 6.61 Å². The number of halogens is 1. The Kier molecular flexibility index (Phi) is 6.53. The van der Waals surface area contributed by atoms with Crippen molar-refractivity contribution in [3.63, 3.8) is 0 Å². The largest absolute Gasteiger partial charge is 0.389 e. The maximum absolute atomic E-state index is 12.2. The Balaban J connectivity index is 2.07. The van der Waals surface area contributed by atoms with E-state index in [1.807, 2.05) is 6.07 Å². The van der Waals surface area contributed by atoms with E-state index in [-0.39, 0.29) is 25.3 Å². The van der Waals surface area contributed by atoms with Crippen LogP contribution in [0.2, 0.25) is 5.02 Å². The molecule has 0 amide bonds. The molecule has 1 heterocycles. The molecule has 7 nitrogen and oxygen atoms in total. The minimum Gasteiger partial charge on any atom is -0.389 e. The lowest BCUT2D eigenvalue weighted by atomic mass is 10.2. The molecule has 0 aliphatic heterocycles. The lowest BCUT2D eigenvalue weighted by molar-refractivity contribution is 0.0191. The third kappa shape index (κ3) is 4.57. The van der Waals surface area contributed by atoms with Crippen molar-refractivity contribution in [2.24, 2.45) is 0 Å². The molecule has 1 unspecified atom stereocenters. The van der Waals surface area contributed by atoms with Gasteiger partial charge < -0.3 is 9.84 Å². The van der Waals surface area contributed by atoms with Gasteiger partial charge in [-0.1, -0.05) is 29.8 Å². The van der Waals surface area contributed by atoms with Crippen LogP contribution in [0.3, 0.4) is 0 Å². The van der Waals surface area contributed by atoms with E-state index in [1.54, 1.807) is 31.2 Å². The monoisotopic (exact) mass is 363 g/mol. The van der Waals surface area contributed by atoms with Crippen molar-refractivity contribution in [3.8, 4) is 6.07 Å². The van der Waals surface area contributed by atoms with E-state index >= 15 is 0 Å². The summed E-state index contributed by atoms with van der Waals surface area (Å²) in [5.41, 5.74) is -0.669. The van der Waals surface area contributed by atoms with Crippen LogP contribution in [0.25, 0.3) is 0 Å². The molecule has 1 N–H and O–H groups in total. The Morgan fingerprint density at radius 2 is 2.08 bits per heavy atom. The number of aliphatic hydroxyl groups is 1. The molecule has 0 radical (unpaired) electrons. The van der Waals surface area contributed by atoms with Crippen LogP contribution in [-0.2, 0) is 24.4 Å². The Hall–Kier alpha value is -2.40. The van der Waals surface area contributed by atoms with Crippen molar-refractivity contribution in [2.45, 2.75) is 32.7 Å². The second-order valence-corrected chi connectivity index (χ2v) is 5.81. The van der Waals surface area contributed by atoms with E-state index in [1.165, 1.54) is 10.8 Å². The number of ether oxygens (including phenoxy) is 1. The number of nitrogens with zero attached hydrogens (tertiary/aromatic N) is 3. The Bertz CT molecular complexity index is 898. The normalized spacial score (nSPS) is 11.9. The van der Waals surface area contributed by atoms with Gasteiger partial charge in [-0.15, -0.1) is 0 Å². The van der Waals surface area contributed by atoms with E-state index in [9.17, 15) is 14.7 Å². The summed E-state index contributed by atoms with van der Waals surface area (Å²) in [6.07, 6.45) is 0.147. The molecule has 1 aromatic heterocycles. The molecule has 25 heavy (non-hydrogen) atoms. The van der Waals surface area contributed by atoms with Gasteiger partial charge in [0.2, 0.25) is 0 Å². The summed E-state index contributed by atoms with van der Waals surface area (Å²) < 4.78 is 7.50. The summed E-state index contributed by atoms with van der Waals surface area (Å²) in [5, 5.41) is 19.6. The number of rotatable bonds is 7.